The number of hydrogen-bond acceptors (Lipinski definition) is 5. The molecule has 3 heterocycles. The van der Waals surface area contributed by atoms with Gasteiger partial charge in [-0.05, 0) is 23.6 Å². The fourth-order valence-corrected chi connectivity index (χ4v) is 3.82. The van der Waals surface area contributed by atoms with Gasteiger partial charge in [-0.2, -0.15) is 5.10 Å². The molecule has 4 rings (SSSR count). The molecule has 6 heteroatoms. The summed E-state index contributed by atoms with van der Waals surface area (Å²) in [5.41, 5.74) is 3.08. The van der Waals surface area contributed by atoms with Gasteiger partial charge in [0.15, 0.2) is 0 Å². The lowest BCUT2D eigenvalue weighted by atomic mass is 10.2. The predicted octanol–water partition coefficient (Wildman–Crippen LogP) is 2.14. The summed E-state index contributed by atoms with van der Waals surface area (Å²) >= 11 is 1.66. The van der Waals surface area contributed by atoms with Gasteiger partial charge < -0.3 is 10.2 Å². The van der Waals surface area contributed by atoms with Gasteiger partial charge in [-0.1, -0.05) is 24.3 Å². The fourth-order valence-electron chi connectivity index (χ4n) is 3.08. The molecule has 0 spiro atoms. The second kappa shape index (κ2) is 6.49. The first-order valence-corrected chi connectivity index (χ1v) is 8.85. The number of hydrogen-bond donors (Lipinski definition) is 2. The number of likely N-dealkylation sites (tertiary alicyclic amines) is 1. The Bertz CT molecular complexity index is 791. The molecule has 0 aliphatic carbocycles. The van der Waals surface area contributed by atoms with Crippen molar-refractivity contribution in [2.45, 2.75) is 18.8 Å². The van der Waals surface area contributed by atoms with Crippen LogP contribution in [0.25, 0.3) is 16.3 Å². The number of thiophene rings is 1. The number of rotatable bonds is 4. The molecule has 0 unspecified atom stereocenters. The third kappa shape index (κ3) is 3.01. The van der Waals surface area contributed by atoms with Gasteiger partial charge in [0.05, 0.1) is 22.8 Å². The van der Waals surface area contributed by atoms with Crippen LogP contribution in [0.5, 0.6) is 0 Å². The minimum absolute atomic E-state index is 0.488. The van der Waals surface area contributed by atoms with E-state index < -0.39 is 12.2 Å². The quantitative estimate of drug-likeness (QED) is 0.763. The van der Waals surface area contributed by atoms with E-state index in [0.717, 1.165) is 21.8 Å². The molecule has 2 N–H and O–H groups in total. The van der Waals surface area contributed by atoms with Crippen LogP contribution in [0.3, 0.4) is 0 Å². The zero-order chi connectivity index (χ0) is 16.5. The van der Waals surface area contributed by atoms with Gasteiger partial charge in [0.1, 0.15) is 5.69 Å². The van der Waals surface area contributed by atoms with Crippen LogP contribution >= 0.6 is 11.3 Å². The molecule has 0 radical (unpaired) electrons. The Balaban J connectivity index is 1.68. The molecule has 1 aliphatic rings. The molecule has 24 heavy (non-hydrogen) atoms. The number of aliphatic hydroxyl groups is 2. The van der Waals surface area contributed by atoms with Crippen LogP contribution in [0.4, 0.5) is 0 Å². The third-order valence-electron chi connectivity index (χ3n) is 4.29. The molecule has 0 amide bonds. The van der Waals surface area contributed by atoms with Crippen LogP contribution in [-0.4, -0.2) is 50.2 Å². The fraction of sp³-hybridized carbons (Fsp3) is 0.278. The second-order valence-corrected chi connectivity index (χ2v) is 7.04. The Morgan fingerprint density at radius 3 is 2.46 bits per heavy atom. The number of aliphatic hydroxyl groups excluding tert-OH is 2. The first kappa shape index (κ1) is 15.5. The van der Waals surface area contributed by atoms with Gasteiger partial charge in [-0.15, -0.1) is 11.3 Å². The number of aromatic nitrogens is 2. The summed E-state index contributed by atoms with van der Waals surface area (Å²) in [6.45, 7) is 1.64. The van der Waals surface area contributed by atoms with Crippen molar-refractivity contribution >= 4 is 11.3 Å². The van der Waals surface area contributed by atoms with E-state index >= 15 is 0 Å². The average molecular weight is 341 g/mol. The average Bonchev–Trinajstić information content (AvgIpc) is 3.30. The molecule has 2 aromatic heterocycles. The minimum atomic E-state index is -0.667. The van der Waals surface area contributed by atoms with Crippen molar-refractivity contribution < 1.29 is 10.2 Å². The van der Waals surface area contributed by atoms with E-state index in [4.69, 9.17) is 5.10 Å². The highest BCUT2D eigenvalue weighted by Gasteiger charge is 2.30. The standard InChI is InChI=1S/C18H19N3O2S/c22-15-11-20(12-16(15)23)9-13-10-21(14-5-2-1-3-6-14)19-18(13)17-7-4-8-24-17/h1-8,10,15-16,22-23H,9,11-12H2/t15-,16+. The maximum Gasteiger partial charge on any atom is 0.107 e. The summed E-state index contributed by atoms with van der Waals surface area (Å²) in [7, 11) is 0. The maximum absolute atomic E-state index is 9.77. The summed E-state index contributed by atoms with van der Waals surface area (Å²) in [4.78, 5) is 3.19. The van der Waals surface area contributed by atoms with Crippen molar-refractivity contribution in [3.05, 3.63) is 59.6 Å². The maximum atomic E-state index is 9.77. The molecule has 1 aliphatic heterocycles. The van der Waals surface area contributed by atoms with Crippen LogP contribution in [0.2, 0.25) is 0 Å². The van der Waals surface area contributed by atoms with E-state index in [1.807, 2.05) is 52.7 Å². The minimum Gasteiger partial charge on any atom is -0.389 e. The highest BCUT2D eigenvalue weighted by molar-refractivity contribution is 7.13. The lowest BCUT2D eigenvalue weighted by Crippen LogP contribution is -2.22. The largest absolute Gasteiger partial charge is 0.389 e. The lowest BCUT2D eigenvalue weighted by Gasteiger charge is -2.13. The van der Waals surface area contributed by atoms with E-state index in [1.165, 1.54) is 0 Å². The van der Waals surface area contributed by atoms with Crippen molar-refractivity contribution in [3.63, 3.8) is 0 Å². The van der Waals surface area contributed by atoms with Crippen LogP contribution in [-0.2, 0) is 6.54 Å². The summed E-state index contributed by atoms with van der Waals surface area (Å²) in [6.07, 6.45) is 0.709. The molecule has 124 valence electrons. The predicted molar refractivity (Wildman–Crippen MR) is 94.2 cm³/mol. The van der Waals surface area contributed by atoms with Gasteiger partial charge in [0, 0.05) is 31.4 Å². The van der Waals surface area contributed by atoms with Gasteiger partial charge >= 0.3 is 0 Å². The smallest absolute Gasteiger partial charge is 0.107 e. The molecule has 3 aromatic rings. The first-order valence-electron chi connectivity index (χ1n) is 7.97. The summed E-state index contributed by atoms with van der Waals surface area (Å²) in [5, 5.41) is 26.4. The number of para-hydroxylation sites is 1. The first-order chi connectivity index (χ1) is 11.7. The highest BCUT2D eigenvalue weighted by Crippen LogP contribution is 2.29. The van der Waals surface area contributed by atoms with E-state index in [2.05, 4.69) is 11.0 Å². The van der Waals surface area contributed by atoms with Crippen LogP contribution < -0.4 is 0 Å². The normalized spacial score (nSPS) is 21.4. The topological polar surface area (TPSA) is 61.5 Å². The molecule has 5 nitrogen and oxygen atoms in total. The highest BCUT2D eigenvalue weighted by atomic mass is 32.1. The Morgan fingerprint density at radius 2 is 1.79 bits per heavy atom. The monoisotopic (exact) mass is 341 g/mol. The van der Waals surface area contributed by atoms with Crippen molar-refractivity contribution in [1.82, 2.24) is 14.7 Å². The molecule has 2 atom stereocenters. The van der Waals surface area contributed by atoms with Gasteiger partial charge in [0.25, 0.3) is 0 Å². The Labute approximate surface area is 144 Å². The molecular weight excluding hydrogens is 322 g/mol. The molecule has 0 bridgehead atoms. The van der Waals surface area contributed by atoms with Gasteiger partial charge in [0.2, 0.25) is 0 Å². The SMILES string of the molecule is O[C@@H]1CN(Cc2cn(-c3ccccc3)nc2-c2cccs2)C[C@@H]1O. The molecule has 0 saturated carbocycles. The Morgan fingerprint density at radius 1 is 1.04 bits per heavy atom. The summed E-state index contributed by atoms with van der Waals surface area (Å²) in [6, 6.07) is 14.1. The van der Waals surface area contributed by atoms with Gasteiger partial charge in [-0.25, -0.2) is 4.68 Å². The van der Waals surface area contributed by atoms with Crippen LogP contribution in [0, 0.1) is 0 Å². The van der Waals surface area contributed by atoms with Crippen molar-refractivity contribution in [2.75, 3.05) is 13.1 Å². The molecular formula is C18H19N3O2S. The second-order valence-electron chi connectivity index (χ2n) is 6.09. The Kier molecular flexibility index (Phi) is 4.20. The number of benzene rings is 1. The van der Waals surface area contributed by atoms with Gasteiger partial charge in [-0.3, -0.25) is 4.90 Å². The summed E-state index contributed by atoms with van der Waals surface area (Å²) in [5.74, 6) is 0. The van der Waals surface area contributed by atoms with Crippen molar-refractivity contribution in [2.24, 2.45) is 0 Å². The summed E-state index contributed by atoms with van der Waals surface area (Å²) < 4.78 is 1.90. The van der Waals surface area contributed by atoms with Crippen molar-refractivity contribution in [1.29, 1.82) is 0 Å². The number of β-amino-alcohol motifs (C(OH)–C–C–N with tert-alkyl or cyclic N) is 2. The van der Waals surface area contributed by atoms with E-state index in [-0.39, 0.29) is 0 Å². The number of nitrogens with zero attached hydrogens (tertiary/aromatic N) is 3. The Hall–Kier alpha value is -1.99. The zero-order valence-corrected chi connectivity index (χ0v) is 13.9. The van der Waals surface area contributed by atoms with E-state index in [0.29, 0.717) is 19.6 Å². The molecule has 1 saturated heterocycles. The van der Waals surface area contributed by atoms with E-state index in [9.17, 15) is 10.2 Å². The van der Waals surface area contributed by atoms with Crippen LogP contribution in [0.1, 0.15) is 5.56 Å². The lowest BCUT2D eigenvalue weighted by molar-refractivity contribution is 0.0572. The van der Waals surface area contributed by atoms with Crippen molar-refractivity contribution in [3.8, 4) is 16.3 Å². The molecule has 1 aromatic carbocycles. The molecule has 1 fully saturated rings. The third-order valence-corrected chi connectivity index (χ3v) is 5.17. The van der Waals surface area contributed by atoms with Crippen LogP contribution in [0.15, 0.2) is 54.0 Å². The van der Waals surface area contributed by atoms with E-state index in [1.54, 1.807) is 11.3 Å². The zero-order valence-electron chi connectivity index (χ0n) is 13.1.